The Labute approximate surface area is 228 Å². The summed E-state index contributed by atoms with van der Waals surface area (Å²) in [5, 5.41) is 6.43. The van der Waals surface area contributed by atoms with E-state index in [1.807, 2.05) is 6.92 Å². The van der Waals surface area contributed by atoms with Gasteiger partial charge in [0.05, 0.1) is 39.1 Å². The number of nitrogens with one attached hydrogen (secondary N) is 2. The zero-order chi connectivity index (χ0) is 27.5. The van der Waals surface area contributed by atoms with Gasteiger partial charge in [0.15, 0.2) is 11.5 Å². The highest BCUT2D eigenvalue weighted by atomic mass is 79.9. The van der Waals surface area contributed by atoms with Gasteiger partial charge in [-0.3, -0.25) is 9.59 Å². The number of hydrogen-bond donors (Lipinski definition) is 2. The Bertz CT molecular complexity index is 1330. The third kappa shape index (κ3) is 7.81. The van der Waals surface area contributed by atoms with Crippen molar-refractivity contribution in [2.75, 3.05) is 27.4 Å². The Kier molecular flexibility index (Phi) is 10.2. The maximum Gasteiger partial charge on any atom is 0.343 e. The van der Waals surface area contributed by atoms with Crippen molar-refractivity contribution in [2.24, 2.45) is 5.10 Å². The van der Waals surface area contributed by atoms with Crippen LogP contribution in [-0.4, -0.2) is 51.4 Å². The summed E-state index contributed by atoms with van der Waals surface area (Å²) in [4.78, 5) is 37.1. The lowest BCUT2D eigenvalue weighted by Crippen LogP contribution is -2.34. The molecule has 2 amide bonds. The predicted octanol–water partition coefficient (Wildman–Crippen LogP) is 3.96. The molecule has 11 heteroatoms. The molecule has 0 unspecified atom stereocenters. The van der Waals surface area contributed by atoms with E-state index in [0.717, 1.165) is 0 Å². The molecule has 0 aliphatic heterocycles. The Morgan fingerprint density at radius 1 is 0.895 bits per heavy atom. The highest BCUT2D eigenvalue weighted by Gasteiger charge is 2.15. The van der Waals surface area contributed by atoms with Crippen molar-refractivity contribution in [2.45, 2.75) is 6.92 Å². The minimum Gasteiger partial charge on any atom is -0.494 e. The van der Waals surface area contributed by atoms with Gasteiger partial charge in [-0.05, 0) is 67.6 Å². The lowest BCUT2D eigenvalue weighted by atomic mass is 10.2. The van der Waals surface area contributed by atoms with Gasteiger partial charge in [0.25, 0.3) is 11.8 Å². The van der Waals surface area contributed by atoms with Crippen molar-refractivity contribution in [3.05, 3.63) is 81.8 Å². The van der Waals surface area contributed by atoms with E-state index in [2.05, 4.69) is 31.8 Å². The van der Waals surface area contributed by atoms with Crippen LogP contribution in [0.3, 0.4) is 0 Å². The van der Waals surface area contributed by atoms with Crippen LogP contribution in [0.2, 0.25) is 0 Å². The second-order valence-electron chi connectivity index (χ2n) is 7.57. The number of hydrogen-bond acceptors (Lipinski definition) is 8. The summed E-state index contributed by atoms with van der Waals surface area (Å²) in [6.45, 7) is 2.10. The van der Waals surface area contributed by atoms with E-state index in [-0.39, 0.29) is 17.9 Å². The zero-order valence-corrected chi connectivity index (χ0v) is 22.5. The molecule has 198 valence electrons. The van der Waals surface area contributed by atoms with Crippen molar-refractivity contribution < 1.29 is 33.3 Å². The molecule has 3 rings (SSSR count). The first-order valence-electron chi connectivity index (χ1n) is 11.4. The first-order valence-corrected chi connectivity index (χ1v) is 12.2. The molecule has 0 aliphatic rings. The van der Waals surface area contributed by atoms with E-state index in [1.165, 1.54) is 26.5 Å². The minimum atomic E-state index is -0.621. The molecule has 0 radical (unpaired) electrons. The van der Waals surface area contributed by atoms with Crippen LogP contribution < -0.4 is 29.7 Å². The number of nitrogens with zero attached hydrogens (tertiary/aromatic N) is 1. The molecule has 2 N–H and O–H groups in total. The third-order valence-corrected chi connectivity index (χ3v) is 5.52. The van der Waals surface area contributed by atoms with Crippen molar-refractivity contribution in [3.63, 3.8) is 0 Å². The van der Waals surface area contributed by atoms with E-state index in [1.54, 1.807) is 54.6 Å². The summed E-state index contributed by atoms with van der Waals surface area (Å²) >= 11 is 3.36. The van der Waals surface area contributed by atoms with Crippen LogP contribution in [0, 0.1) is 0 Å². The van der Waals surface area contributed by atoms with Crippen LogP contribution >= 0.6 is 15.9 Å². The topological polar surface area (TPSA) is 125 Å². The fourth-order valence-corrected chi connectivity index (χ4v) is 3.56. The molecule has 3 aromatic carbocycles. The Morgan fingerprint density at radius 3 is 2.26 bits per heavy atom. The average molecular weight is 584 g/mol. The van der Waals surface area contributed by atoms with Crippen LogP contribution in [0.1, 0.15) is 33.2 Å². The zero-order valence-electron chi connectivity index (χ0n) is 20.9. The number of carbonyl (C=O) groups is 3. The summed E-state index contributed by atoms with van der Waals surface area (Å²) in [5.41, 5.74) is 3.40. The molecule has 0 saturated carbocycles. The number of esters is 1. The standard InChI is InChI=1S/C27H26BrN3O7/c1-4-37-21-9-5-17(6-10-21)26(33)29-16-25(32)31-30-15-19-13-20(28)8-12-22(19)38-27(34)18-7-11-23(35-2)24(14-18)36-3/h5-15H,4,16H2,1-3H3,(H,29,33)(H,31,32). The SMILES string of the molecule is CCOc1ccc(C(=O)NCC(=O)NN=Cc2cc(Br)ccc2OC(=O)c2ccc(OC)c(OC)c2)cc1. The van der Waals surface area contributed by atoms with Crippen molar-refractivity contribution >= 4 is 39.9 Å². The average Bonchev–Trinajstić information content (AvgIpc) is 2.93. The second kappa shape index (κ2) is 13.8. The highest BCUT2D eigenvalue weighted by molar-refractivity contribution is 9.10. The van der Waals surface area contributed by atoms with Crippen LogP contribution in [-0.2, 0) is 4.79 Å². The summed E-state index contributed by atoms with van der Waals surface area (Å²) in [5.74, 6) is 0.155. The van der Waals surface area contributed by atoms with Gasteiger partial charge in [-0.15, -0.1) is 0 Å². The first kappa shape index (κ1) is 28.2. The van der Waals surface area contributed by atoms with Gasteiger partial charge in [0.1, 0.15) is 11.5 Å². The van der Waals surface area contributed by atoms with Gasteiger partial charge in [-0.25, -0.2) is 10.2 Å². The molecule has 0 atom stereocenters. The number of amides is 2. The van der Waals surface area contributed by atoms with Crippen LogP contribution in [0.4, 0.5) is 0 Å². The lowest BCUT2D eigenvalue weighted by Gasteiger charge is -2.11. The Balaban J connectivity index is 1.59. The predicted molar refractivity (Wildman–Crippen MR) is 144 cm³/mol. The molecule has 38 heavy (non-hydrogen) atoms. The van der Waals surface area contributed by atoms with Gasteiger partial charge in [-0.1, -0.05) is 15.9 Å². The Hall–Kier alpha value is -4.38. The number of benzene rings is 3. The van der Waals surface area contributed by atoms with E-state index >= 15 is 0 Å². The molecule has 0 fully saturated rings. The molecule has 0 heterocycles. The van der Waals surface area contributed by atoms with Gasteiger partial charge < -0.3 is 24.3 Å². The normalized spacial score (nSPS) is 10.5. The summed E-state index contributed by atoms with van der Waals surface area (Å²) in [6, 6.07) is 16.2. The quantitative estimate of drug-likeness (QED) is 0.151. The molecule has 10 nitrogen and oxygen atoms in total. The second-order valence-corrected chi connectivity index (χ2v) is 8.49. The number of rotatable bonds is 11. The fourth-order valence-electron chi connectivity index (χ4n) is 3.18. The maximum atomic E-state index is 12.7. The lowest BCUT2D eigenvalue weighted by molar-refractivity contribution is -0.120. The van der Waals surface area contributed by atoms with E-state index in [4.69, 9.17) is 18.9 Å². The van der Waals surface area contributed by atoms with Crippen LogP contribution in [0.5, 0.6) is 23.0 Å². The van der Waals surface area contributed by atoms with Crippen molar-refractivity contribution in [3.8, 4) is 23.0 Å². The molecule has 0 saturated heterocycles. The monoisotopic (exact) mass is 583 g/mol. The van der Waals surface area contributed by atoms with E-state index < -0.39 is 17.8 Å². The fraction of sp³-hybridized carbons (Fsp3) is 0.185. The maximum absolute atomic E-state index is 12.7. The van der Waals surface area contributed by atoms with Gasteiger partial charge in [0.2, 0.25) is 0 Å². The molecular formula is C27H26BrN3O7. The highest BCUT2D eigenvalue weighted by Crippen LogP contribution is 2.29. The summed E-state index contributed by atoms with van der Waals surface area (Å²) in [7, 11) is 2.97. The summed E-state index contributed by atoms with van der Waals surface area (Å²) < 4.78 is 22.0. The number of halogens is 1. The third-order valence-electron chi connectivity index (χ3n) is 5.02. The van der Waals surface area contributed by atoms with Crippen molar-refractivity contribution in [1.29, 1.82) is 0 Å². The van der Waals surface area contributed by atoms with E-state index in [9.17, 15) is 14.4 Å². The minimum absolute atomic E-state index is 0.217. The first-order chi connectivity index (χ1) is 18.3. The van der Waals surface area contributed by atoms with Crippen LogP contribution in [0.15, 0.2) is 70.2 Å². The van der Waals surface area contributed by atoms with Gasteiger partial charge in [0, 0.05) is 15.6 Å². The summed E-state index contributed by atoms with van der Waals surface area (Å²) in [6.07, 6.45) is 1.33. The number of methoxy groups -OCH3 is 2. The van der Waals surface area contributed by atoms with Crippen LogP contribution in [0.25, 0.3) is 0 Å². The van der Waals surface area contributed by atoms with E-state index in [0.29, 0.717) is 39.5 Å². The number of carbonyl (C=O) groups excluding carboxylic acids is 3. The van der Waals surface area contributed by atoms with Gasteiger partial charge >= 0.3 is 5.97 Å². The molecule has 0 aliphatic carbocycles. The van der Waals surface area contributed by atoms with Crippen molar-refractivity contribution in [1.82, 2.24) is 10.7 Å². The molecule has 3 aromatic rings. The molecule has 0 bridgehead atoms. The number of ether oxygens (including phenoxy) is 4. The smallest absolute Gasteiger partial charge is 0.343 e. The molecule has 0 spiro atoms. The Morgan fingerprint density at radius 2 is 1.58 bits per heavy atom. The molecule has 0 aromatic heterocycles. The molecular weight excluding hydrogens is 558 g/mol. The largest absolute Gasteiger partial charge is 0.494 e. The van der Waals surface area contributed by atoms with Gasteiger partial charge in [-0.2, -0.15) is 5.10 Å². The number of hydrazone groups is 1.